The molecule has 0 amide bonds. The fourth-order valence-corrected chi connectivity index (χ4v) is 0.459. The second-order valence-electron chi connectivity index (χ2n) is 1.40. The summed E-state index contributed by atoms with van der Waals surface area (Å²) in [6.07, 6.45) is 5.19. The number of hydrogen-bond donors (Lipinski definition) is 1. The summed E-state index contributed by atoms with van der Waals surface area (Å²) >= 11 is 0. The van der Waals surface area contributed by atoms with Crippen molar-refractivity contribution in [2.24, 2.45) is 0 Å². The molecule has 0 atom stereocenters. The van der Waals surface area contributed by atoms with E-state index in [-0.39, 0.29) is 0 Å². The van der Waals surface area contributed by atoms with Gasteiger partial charge in [-0.1, -0.05) is 0 Å². The van der Waals surface area contributed by atoms with Crippen LogP contribution in [0.3, 0.4) is 0 Å². The second kappa shape index (κ2) is 2.26. The van der Waals surface area contributed by atoms with Gasteiger partial charge in [0.05, 0.1) is 12.7 Å². The van der Waals surface area contributed by atoms with Crippen molar-refractivity contribution in [2.45, 2.75) is 6.42 Å². The number of rotatable bonds is 2. The van der Waals surface area contributed by atoms with E-state index >= 15 is 0 Å². The molecule has 1 N–H and O–H groups in total. The zero-order valence-corrected chi connectivity index (χ0v) is 4.22. The molecule has 0 fully saturated rings. The van der Waals surface area contributed by atoms with Crippen molar-refractivity contribution in [1.29, 1.82) is 0 Å². The van der Waals surface area contributed by atoms with Gasteiger partial charge >= 0.3 is 0 Å². The van der Waals surface area contributed by atoms with Gasteiger partial charge in [0.25, 0.3) is 0 Å². The quantitative estimate of drug-likeness (QED) is 0.583. The lowest BCUT2D eigenvalue weighted by Gasteiger charge is -1.77. The standard InChI is InChI=1S/C5H5N2O/c8-2-1-5-3-6-4-7-5/h3-4H,1H2,(H,6,7). The first-order valence-electron chi connectivity index (χ1n) is 2.25. The molecule has 3 heteroatoms. The fourth-order valence-electron chi connectivity index (χ4n) is 0.459. The molecule has 0 saturated heterocycles. The Hall–Kier alpha value is -1.12. The SMILES string of the molecule is O=[C]Cc1cnc[nH]1. The Kier molecular flexibility index (Phi) is 1.42. The topological polar surface area (TPSA) is 45.8 Å². The summed E-state index contributed by atoms with van der Waals surface area (Å²) in [5, 5.41) is 0. The molecule has 0 aliphatic rings. The number of aromatic nitrogens is 2. The predicted octanol–water partition coefficient (Wildman–Crippen LogP) is 0.0619. The van der Waals surface area contributed by atoms with Crippen molar-refractivity contribution in [2.75, 3.05) is 0 Å². The van der Waals surface area contributed by atoms with Crippen LogP contribution in [0.1, 0.15) is 5.69 Å². The maximum atomic E-state index is 9.70. The average molecular weight is 109 g/mol. The van der Waals surface area contributed by atoms with Crippen molar-refractivity contribution in [3.63, 3.8) is 0 Å². The summed E-state index contributed by atoms with van der Waals surface area (Å²) in [5.74, 6) is 0. The molecule has 1 aromatic heterocycles. The molecule has 0 spiro atoms. The van der Waals surface area contributed by atoms with Crippen LogP contribution in [-0.4, -0.2) is 16.3 Å². The second-order valence-corrected chi connectivity index (χ2v) is 1.40. The van der Waals surface area contributed by atoms with Crippen LogP contribution in [0.2, 0.25) is 0 Å². The smallest absolute Gasteiger partial charge is 0.204 e. The number of nitrogens with one attached hydrogen (secondary N) is 1. The van der Waals surface area contributed by atoms with Crippen molar-refractivity contribution in [1.82, 2.24) is 9.97 Å². The highest BCUT2D eigenvalue weighted by atomic mass is 16.1. The van der Waals surface area contributed by atoms with Crippen molar-refractivity contribution in [3.8, 4) is 0 Å². The molecular formula is C5H5N2O. The van der Waals surface area contributed by atoms with E-state index in [1.807, 2.05) is 0 Å². The van der Waals surface area contributed by atoms with Crippen molar-refractivity contribution >= 4 is 6.29 Å². The van der Waals surface area contributed by atoms with E-state index in [1.54, 1.807) is 12.5 Å². The maximum Gasteiger partial charge on any atom is 0.204 e. The summed E-state index contributed by atoms with van der Waals surface area (Å²) in [6.45, 7) is 0. The Bertz CT molecular complexity index is 157. The summed E-state index contributed by atoms with van der Waals surface area (Å²) in [7, 11) is 0. The van der Waals surface area contributed by atoms with E-state index in [1.165, 1.54) is 6.33 Å². The Morgan fingerprint density at radius 3 is 3.25 bits per heavy atom. The molecule has 0 saturated carbocycles. The van der Waals surface area contributed by atoms with E-state index in [4.69, 9.17) is 0 Å². The van der Waals surface area contributed by atoms with Crippen LogP contribution in [0, 0.1) is 0 Å². The molecule has 1 aromatic rings. The van der Waals surface area contributed by atoms with Gasteiger partial charge in [0.15, 0.2) is 0 Å². The largest absolute Gasteiger partial charge is 0.348 e. The van der Waals surface area contributed by atoms with Gasteiger partial charge < -0.3 is 4.98 Å². The van der Waals surface area contributed by atoms with E-state index in [0.717, 1.165) is 5.69 Å². The minimum Gasteiger partial charge on any atom is -0.348 e. The number of hydrogen-bond acceptors (Lipinski definition) is 2. The van der Waals surface area contributed by atoms with Crippen molar-refractivity contribution < 1.29 is 4.79 Å². The Morgan fingerprint density at radius 2 is 2.75 bits per heavy atom. The molecule has 0 bridgehead atoms. The molecule has 1 heterocycles. The van der Waals surface area contributed by atoms with Gasteiger partial charge in [-0.2, -0.15) is 0 Å². The molecule has 41 valence electrons. The molecule has 1 rings (SSSR count). The first kappa shape index (κ1) is 5.03. The Labute approximate surface area is 46.8 Å². The summed E-state index contributed by atoms with van der Waals surface area (Å²) < 4.78 is 0. The van der Waals surface area contributed by atoms with Gasteiger partial charge in [0, 0.05) is 11.9 Å². The molecule has 0 aliphatic carbocycles. The molecule has 0 aromatic carbocycles. The highest BCUT2D eigenvalue weighted by molar-refractivity contribution is 5.54. The predicted molar refractivity (Wildman–Crippen MR) is 28.0 cm³/mol. The molecular weight excluding hydrogens is 104 g/mol. The van der Waals surface area contributed by atoms with Gasteiger partial charge in [-0.05, 0) is 0 Å². The van der Waals surface area contributed by atoms with Gasteiger partial charge in [-0.3, -0.25) is 4.79 Å². The third-order valence-electron chi connectivity index (χ3n) is 0.817. The number of H-pyrrole nitrogens is 1. The summed E-state index contributed by atoms with van der Waals surface area (Å²) in [6, 6.07) is 0. The van der Waals surface area contributed by atoms with Crippen LogP contribution in [0.15, 0.2) is 12.5 Å². The monoisotopic (exact) mass is 109 g/mol. The van der Waals surface area contributed by atoms with Crippen LogP contribution in [0.5, 0.6) is 0 Å². The van der Waals surface area contributed by atoms with Crippen molar-refractivity contribution in [3.05, 3.63) is 18.2 Å². The Morgan fingerprint density at radius 1 is 1.88 bits per heavy atom. The Balaban J connectivity index is 2.62. The average Bonchev–Trinajstić information content (AvgIpc) is 2.19. The van der Waals surface area contributed by atoms with Gasteiger partial charge in [-0.25, -0.2) is 4.98 Å². The minimum absolute atomic E-state index is 0.306. The van der Waals surface area contributed by atoms with E-state index in [2.05, 4.69) is 9.97 Å². The van der Waals surface area contributed by atoms with Gasteiger partial charge in [0.2, 0.25) is 6.29 Å². The summed E-state index contributed by atoms with van der Waals surface area (Å²) in [4.78, 5) is 16.2. The fraction of sp³-hybridized carbons (Fsp3) is 0.200. The number of carbonyl (C=O) groups excluding carboxylic acids is 1. The molecule has 1 radical (unpaired) electrons. The molecule has 0 unspecified atom stereocenters. The summed E-state index contributed by atoms with van der Waals surface area (Å²) in [5.41, 5.74) is 0.806. The third-order valence-corrected chi connectivity index (χ3v) is 0.817. The van der Waals surface area contributed by atoms with Crippen LogP contribution in [-0.2, 0) is 11.2 Å². The van der Waals surface area contributed by atoms with Crippen LogP contribution in [0.25, 0.3) is 0 Å². The van der Waals surface area contributed by atoms with Gasteiger partial charge in [-0.15, -0.1) is 0 Å². The third kappa shape index (κ3) is 0.932. The first-order valence-corrected chi connectivity index (χ1v) is 2.25. The lowest BCUT2D eigenvalue weighted by molar-refractivity contribution is 0.554. The van der Waals surface area contributed by atoms with E-state index in [0.29, 0.717) is 6.42 Å². The minimum atomic E-state index is 0.306. The molecule has 3 nitrogen and oxygen atoms in total. The van der Waals surface area contributed by atoms with E-state index in [9.17, 15) is 4.79 Å². The normalized spacial score (nSPS) is 9.00. The number of imidazole rings is 1. The lowest BCUT2D eigenvalue weighted by Crippen LogP contribution is -1.82. The van der Waals surface area contributed by atoms with E-state index < -0.39 is 0 Å². The maximum absolute atomic E-state index is 9.70. The lowest BCUT2D eigenvalue weighted by atomic mass is 10.4. The number of nitrogens with zero attached hydrogens (tertiary/aromatic N) is 1. The molecule has 0 aliphatic heterocycles. The van der Waals surface area contributed by atoms with Gasteiger partial charge in [0.1, 0.15) is 0 Å². The highest BCUT2D eigenvalue weighted by Gasteiger charge is 1.88. The highest BCUT2D eigenvalue weighted by Crippen LogP contribution is 1.87. The first-order chi connectivity index (χ1) is 3.93. The van der Waals surface area contributed by atoms with Crippen LogP contribution >= 0.6 is 0 Å². The zero-order valence-electron chi connectivity index (χ0n) is 4.22. The zero-order chi connectivity index (χ0) is 5.82. The van der Waals surface area contributed by atoms with Crippen LogP contribution < -0.4 is 0 Å². The van der Waals surface area contributed by atoms with Crippen LogP contribution in [0.4, 0.5) is 0 Å². The molecule has 8 heavy (non-hydrogen) atoms. The number of aromatic amines is 1.